The van der Waals surface area contributed by atoms with Crippen molar-refractivity contribution in [2.24, 2.45) is 0 Å². The van der Waals surface area contributed by atoms with Gasteiger partial charge in [-0.1, -0.05) is 78.9 Å². The predicted molar refractivity (Wildman–Crippen MR) is 122 cm³/mol. The molecular weight excluding hydrogens is 390 g/mol. The molecule has 2 unspecified atom stereocenters. The van der Waals surface area contributed by atoms with Crippen LogP contribution in [0.5, 0.6) is 5.75 Å². The minimum Gasteiger partial charge on any atom is -0.508 e. The van der Waals surface area contributed by atoms with E-state index in [1.165, 1.54) is 10.5 Å². The van der Waals surface area contributed by atoms with Crippen molar-refractivity contribution in [1.82, 2.24) is 5.32 Å². The molecule has 0 fully saturated rings. The fraction of sp³-hybridized carbons (Fsp3) is 0.115. The van der Waals surface area contributed by atoms with Gasteiger partial charge in [-0.05, 0) is 40.5 Å². The van der Waals surface area contributed by atoms with Crippen molar-refractivity contribution < 1.29 is 9.90 Å². The van der Waals surface area contributed by atoms with Crippen LogP contribution in [-0.2, 0) is 11.2 Å². The average molecular weight is 412 g/mol. The number of fused-ring (bicyclic) bond motifs is 2. The number of hydrogen-bond donors (Lipinski definition) is 2. The molecule has 0 saturated carbocycles. The second-order valence-electron chi connectivity index (χ2n) is 7.49. The van der Waals surface area contributed by atoms with Crippen LogP contribution in [0.4, 0.5) is 0 Å². The van der Waals surface area contributed by atoms with Crippen LogP contribution in [-0.4, -0.2) is 16.3 Å². The highest BCUT2D eigenvalue weighted by atomic mass is 32.2. The number of amides is 1. The van der Waals surface area contributed by atoms with Crippen LogP contribution in [0.25, 0.3) is 10.8 Å². The Morgan fingerprint density at radius 2 is 1.63 bits per heavy atom. The van der Waals surface area contributed by atoms with Crippen molar-refractivity contribution >= 4 is 28.4 Å². The highest BCUT2D eigenvalue weighted by Gasteiger charge is 2.31. The van der Waals surface area contributed by atoms with Crippen LogP contribution >= 0.6 is 11.8 Å². The highest BCUT2D eigenvalue weighted by molar-refractivity contribution is 8.01. The van der Waals surface area contributed by atoms with Crippen molar-refractivity contribution in [2.45, 2.75) is 22.6 Å². The molecule has 4 heteroatoms. The Morgan fingerprint density at radius 1 is 0.900 bits per heavy atom. The Labute approximate surface area is 179 Å². The maximum absolute atomic E-state index is 13.3. The zero-order chi connectivity index (χ0) is 20.5. The summed E-state index contributed by atoms with van der Waals surface area (Å²) in [4.78, 5) is 14.5. The number of thioether (sulfide) groups is 1. The molecule has 5 rings (SSSR count). The molecule has 0 spiro atoms. The lowest BCUT2D eigenvalue weighted by atomic mass is 9.92. The molecule has 0 aromatic heterocycles. The zero-order valence-corrected chi connectivity index (χ0v) is 17.1. The smallest absolute Gasteiger partial charge is 0.234 e. The third-order valence-electron chi connectivity index (χ3n) is 5.60. The summed E-state index contributed by atoms with van der Waals surface area (Å²) in [5, 5.41) is 15.8. The fourth-order valence-electron chi connectivity index (χ4n) is 4.12. The summed E-state index contributed by atoms with van der Waals surface area (Å²) in [5.74, 6) is 0.169. The number of hydrogen-bond acceptors (Lipinski definition) is 3. The second kappa shape index (κ2) is 7.88. The standard InChI is InChI=1S/C26H21NO2S/c28-21-15-14-17-8-4-6-12-20(17)24(21)25(18-9-2-1-3-10-18)27-26(29)23-16-19-11-5-7-13-22(19)30-23/h1-15,23,25,28H,16H2,(H,27,29). The van der Waals surface area contributed by atoms with E-state index in [0.29, 0.717) is 0 Å². The summed E-state index contributed by atoms with van der Waals surface area (Å²) in [5.41, 5.74) is 2.89. The van der Waals surface area contributed by atoms with Gasteiger partial charge >= 0.3 is 0 Å². The molecule has 30 heavy (non-hydrogen) atoms. The van der Waals surface area contributed by atoms with Gasteiger partial charge in [-0.2, -0.15) is 0 Å². The molecule has 1 aliphatic rings. The van der Waals surface area contributed by atoms with Gasteiger partial charge < -0.3 is 10.4 Å². The first-order valence-electron chi connectivity index (χ1n) is 10.0. The van der Waals surface area contributed by atoms with Crippen LogP contribution in [0.15, 0.2) is 95.9 Å². The van der Waals surface area contributed by atoms with Crippen LogP contribution < -0.4 is 5.32 Å². The summed E-state index contributed by atoms with van der Waals surface area (Å²) in [6.07, 6.45) is 0.718. The topological polar surface area (TPSA) is 49.3 Å². The molecule has 4 aromatic carbocycles. The van der Waals surface area contributed by atoms with E-state index in [2.05, 4.69) is 17.4 Å². The molecular formula is C26H21NO2S. The van der Waals surface area contributed by atoms with Gasteiger partial charge in [-0.15, -0.1) is 11.8 Å². The monoisotopic (exact) mass is 411 g/mol. The maximum atomic E-state index is 13.3. The Kier molecular flexibility index (Phi) is 4.93. The lowest BCUT2D eigenvalue weighted by molar-refractivity contribution is -0.121. The van der Waals surface area contributed by atoms with Gasteiger partial charge in [0.2, 0.25) is 5.91 Å². The van der Waals surface area contributed by atoms with Gasteiger partial charge in [0.1, 0.15) is 5.75 Å². The number of rotatable bonds is 4. The number of benzene rings is 4. The summed E-state index contributed by atoms with van der Waals surface area (Å²) in [7, 11) is 0. The van der Waals surface area contributed by atoms with Gasteiger partial charge in [0, 0.05) is 10.5 Å². The van der Waals surface area contributed by atoms with Gasteiger partial charge in [-0.3, -0.25) is 4.79 Å². The predicted octanol–water partition coefficient (Wildman–Crippen LogP) is 5.47. The third-order valence-corrected chi connectivity index (χ3v) is 6.91. The van der Waals surface area contributed by atoms with Gasteiger partial charge in [-0.25, -0.2) is 0 Å². The Balaban J connectivity index is 1.54. The van der Waals surface area contributed by atoms with Crippen LogP contribution in [0.1, 0.15) is 22.7 Å². The molecule has 1 amide bonds. The maximum Gasteiger partial charge on any atom is 0.234 e. The summed E-state index contributed by atoms with van der Waals surface area (Å²) in [6.45, 7) is 0. The van der Waals surface area contributed by atoms with Crippen molar-refractivity contribution in [3.8, 4) is 5.75 Å². The normalized spacial score (nSPS) is 16.2. The first-order valence-corrected chi connectivity index (χ1v) is 10.9. The molecule has 4 aromatic rings. The van der Waals surface area contributed by atoms with Crippen LogP contribution in [0.3, 0.4) is 0 Å². The number of carbonyl (C=O) groups excluding carboxylic acids is 1. The van der Waals surface area contributed by atoms with Crippen molar-refractivity contribution in [3.63, 3.8) is 0 Å². The first kappa shape index (κ1) is 18.8. The van der Waals surface area contributed by atoms with Gasteiger partial charge in [0.25, 0.3) is 0 Å². The summed E-state index contributed by atoms with van der Waals surface area (Å²) >= 11 is 1.61. The second-order valence-corrected chi connectivity index (χ2v) is 8.73. The lowest BCUT2D eigenvalue weighted by Crippen LogP contribution is -2.36. The number of nitrogens with one attached hydrogen (secondary N) is 1. The number of phenolic OH excluding ortho intramolecular Hbond substituents is 1. The minimum absolute atomic E-state index is 0.0163. The van der Waals surface area contributed by atoms with Gasteiger partial charge in [0.05, 0.1) is 11.3 Å². The molecule has 0 bridgehead atoms. The molecule has 1 aliphatic heterocycles. The minimum atomic E-state index is -0.436. The molecule has 0 aliphatic carbocycles. The van der Waals surface area contributed by atoms with Crippen molar-refractivity contribution in [2.75, 3.05) is 0 Å². The quantitative estimate of drug-likeness (QED) is 0.468. The van der Waals surface area contributed by atoms with E-state index in [9.17, 15) is 9.90 Å². The van der Waals surface area contributed by atoms with E-state index in [1.807, 2.05) is 72.8 Å². The first-order chi connectivity index (χ1) is 14.7. The van der Waals surface area contributed by atoms with E-state index < -0.39 is 6.04 Å². The summed E-state index contributed by atoms with van der Waals surface area (Å²) in [6, 6.07) is 29.1. The zero-order valence-electron chi connectivity index (χ0n) is 16.3. The molecule has 2 atom stereocenters. The Morgan fingerprint density at radius 3 is 2.47 bits per heavy atom. The molecule has 1 heterocycles. The van der Waals surface area contributed by atoms with E-state index >= 15 is 0 Å². The summed E-state index contributed by atoms with van der Waals surface area (Å²) < 4.78 is 0. The van der Waals surface area contributed by atoms with Crippen molar-refractivity contribution in [1.29, 1.82) is 0 Å². The van der Waals surface area contributed by atoms with Gasteiger partial charge in [0.15, 0.2) is 0 Å². The number of aromatic hydroxyl groups is 1. The molecule has 0 saturated heterocycles. The number of carbonyl (C=O) groups is 1. The molecule has 148 valence electrons. The molecule has 0 radical (unpaired) electrons. The number of phenols is 1. The van der Waals surface area contributed by atoms with Crippen LogP contribution in [0.2, 0.25) is 0 Å². The Bertz CT molecular complexity index is 1200. The molecule has 2 N–H and O–H groups in total. The van der Waals surface area contributed by atoms with Crippen LogP contribution in [0, 0.1) is 0 Å². The fourth-order valence-corrected chi connectivity index (χ4v) is 5.32. The van der Waals surface area contributed by atoms with E-state index in [1.54, 1.807) is 17.8 Å². The molecule has 3 nitrogen and oxygen atoms in total. The lowest BCUT2D eigenvalue weighted by Gasteiger charge is -2.24. The van der Waals surface area contributed by atoms with E-state index in [-0.39, 0.29) is 16.9 Å². The van der Waals surface area contributed by atoms with E-state index in [0.717, 1.165) is 28.3 Å². The van der Waals surface area contributed by atoms with Crippen molar-refractivity contribution in [3.05, 3.63) is 108 Å². The largest absolute Gasteiger partial charge is 0.508 e. The SMILES string of the molecule is O=C(NC(c1ccccc1)c1c(O)ccc2ccccc12)C1Cc2ccccc2S1. The third kappa shape index (κ3) is 3.44. The highest BCUT2D eigenvalue weighted by Crippen LogP contribution is 2.39. The van der Waals surface area contributed by atoms with E-state index in [4.69, 9.17) is 0 Å². The average Bonchev–Trinajstić information content (AvgIpc) is 3.23. The Hall–Kier alpha value is -3.24.